The van der Waals surface area contributed by atoms with Gasteiger partial charge in [-0.1, -0.05) is 30.3 Å². The van der Waals surface area contributed by atoms with Crippen molar-refractivity contribution in [1.82, 2.24) is 4.90 Å². The molecule has 0 bridgehead atoms. The summed E-state index contributed by atoms with van der Waals surface area (Å²) in [5.74, 6) is -1.55. The fraction of sp³-hybridized carbons (Fsp3) is 0.571. The Labute approximate surface area is 182 Å². The van der Waals surface area contributed by atoms with Gasteiger partial charge in [0, 0.05) is 31.7 Å². The van der Waals surface area contributed by atoms with Crippen LogP contribution < -0.4 is 5.73 Å². The summed E-state index contributed by atoms with van der Waals surface area (Å²) < 4.78 is -0.683. The van der Waals surface area contributed by atoms with Crippen LogP contribution in [0.3, 0.4) is 0 Å². The molecule has 9 heteroatoms. The lowest BCUT2D eigenvalue weighted by Gasteiger charge is -2.38. The molecular formula is C21H32N3O5S+. The van der Waals surface area contributed by atoms with E-state index in [1.54, 1.807) is 6.92 Å². The standard InChI is InChI=1S/C21H31N3O5S/c1-15-6-5-13-24(15,21(28)29)19(25)18(14-30)23(12-11-22)17(20(26)27)10-9-16-7-3-2-4-8-16/h2-4,7-8,15,17-18H,5-6,9-14,22H2,1H3,(H2-,26,27,28,29,30)/p+1/t15?,17?,18-,24-/m0/s1. The number of imide groups is 1. The molecule has 30 heavy (non-hydrogen) atoms. The molecule has 1 aliphatic rings. The molecule has 2 amide bonds. The number of carbonyl (C=O) groups is 3. The molecule has 0 aliphatic carbocycles. The lowest BCUT2D eigenvalue weighted by atomic mass is 10.0. The summed E-state index contributed by atoms with van der Waals surface area (Å²) in [6, 6.07) is 7.21. The first-order valence-electron chi connectivity index (χ1n) is 10.3. The number of carbonyl (C=O) groups excluding carboxylic acids is 1. The molecule has 1 heterocycles. The summed E-state index contributed by atoms with van der Waals surface area (Å²) >= 11 is 4.32. The van der Waals surface area contributed by atoms with Crippen molar-refractivity contribution in [2.45, 2.75) is 50.7 Å². The normalized spacial score (nSPS) is 23.3. The molecule has 0 saturated carbocycles. The molecule has 1 saturated heterocycles. The number of hydrogen-bond donors (Lipinski definition) is 4. The maximum Gasteiger partial charge on any atom is 0.521 e. The number of carboxylic acid groups (broad SMARTS) is 2. The number of amides is 2. The minimum Gasteiger partial charge on any atom is -0.480 e. The number of carboxylic acids is 1. The molecule has 1 aromatic rings. The molecule has 4 atom stereocenters. The molecule has 2 unspecified atom stereocenters. The number of rotatable bonds is 10. The maximum absolute atomic E-state index is 13.5. The Kier molecular flexibility index (Phi) is 8.84. The quantitative estimate of drug-likeness (QED) is 0.325. The Morgan fingerprint density at radius 3 is 2.37 bits per heavy atom. The van der Waals surface area contributed by atoms with Crippen LogP contribution in [0, 0.1) is 0 Å². The first-order valence-corrected chi connectivity index (χ1v) is 10.9. The van der Waals surface area contributed by atoms with E-state index in [2.05, 4.69) is 12.6 Å². The third-order valence-electron chi connectivity index (χ3n) is 6.10. The minimum atomic E-state index is -1.19. The molecule has 0 spiro atoms. The molecule has 0 radical (unpaired) electrons. The summed E-state index contributed by atoms with van der Waals surface area (Å²) in [5, 5.41) is 19.9. The third-order valence-corrected chi connectivity index (χ3v) is 6.45. The lowest BCUT2D eigenvalue weighted by Crippen LogP contribution is -2.66. The van der Waals surface area contributed by atoms with Crippen LogP contribution in [0.2, 0.25) is 0 Å². The van der Waals surface area contributed by atoms with Crippen molar-refractivity contribution in [2.75, 3.05) is 25.4 Å². The average molecular weight is 439 g/mol. The predicted molar refractivity (Wildman–Crippen MR) is 116 cm³/mol. The number of thiol groups is 1. The second kappa shape index (κ2) is 10.9. The number of benzene rings is 1. The fourth-order valence-corrected chi connectivity index (χ4v) is 4.80. The number of aryl methyl sites for hydroxylation is 1. The fourth-order valence-electron chi connectivity index (χ4n) is 4.43. The van der Waals surface area contributed by atoms with Crippen LogP contribution in [0.25, 0.3) is 0 Å². The van der Waals surface area contributed by atoms with Crippen molar-refractivity contribution in [2.24, 2.45) is 5.73 Å². The van der Waals surface area contributed by atoms with Crippen molar-refractivity contribution in [1.29, 1.82) is 0 Å². The maximum atomic E-state index is 13.5. The minimum absolute atomic E-state index is 0.0218. The van der Waals surface area contributed by atoms with E-state index in [-0.39, 0.29) is 37.8 Å². The Hall–Kier alpha value is -1.94. The van der Waals surface area contributed by atoms with Crippen molar-refractivity contribution < 1.29 is 29.1 Å². The Morgan fingerprint density at radius 1 is 1.23 bits per heavy atom. The van der Waals surface area contributed by atoms with Crippen LogP contribution in [-0.4, -0.2) is 81.1 Å². The van der Waals surface area contributed by atoms with Crippen LogP contribution in [0.4, 0.5) is 4.79 Å². The van der Waals surface area contributed by atoms with E-state index >= 15 is 0 Å². The van der Waals surface area contributed by atoms with Gasteiger partial charge in [-0.15, -0.1) is 0 Å². The van der Waals surface area contributed by atoms with Gasteiger partial charge in [0.15, 0.2) is 0 Å². The van der Waals surface area contributed by atoms with Crippen LogP contribution in [0.5, 0.6) is 0 Å². The van der Waals surface area contributed by atoms with Gasteiger partial charge in [0.2, 0.25) is 0 Å². The van der Waals surface area contributed by atoms with Gasteiger partial charge in [-0.05, 0) is 25.3 Å². The Bertz CT molecular complexity index is 747. The smallest absolute Gasteiger partial charge is 0.480 e. The van der Waals surface area contributed by atoms with Crippen molar-refractivity contribution >= 4 is 30.6 Å². The van der Waals surface area contributed by atoms with Gasteiger partial charge < -0.3 is 15.9 Å². The Balaban J connectivity index is 2.33. The molecule has 1 aromatic carbocycles. The summed E-state index contributed by atoms with van der Waals surface area (Å²) in [6.45, 7) is 2.27. The zero-order valence-electron chi connectivity index (χ0n) is 17.3. The highest BCUT2D eigenvalue weighted by atomic mass is 32.1. The van der Waals surface area contributed by atoms with Gasteiger partial charge in [0.25, 0.3) is 0 Å². The zero-order valence-corrected chi connectivity index (χ0v) is 18.2. The highest BCUT2D eigenvalue weighted by molar-refractivity contribution is 7.80. The van der Waals surface area contributed by atoms with Gasteiger partial charge in [0.1, 0.15) is 18.1 Å². The number of aliphatic carboxylic acids is 1. The molecule has 166 valence electrons. The first kappa shape index (κ1) is 24.3. The van der Waals surface area contributed by atoms with Gasteiger partial charge in [-0.25, -0.2) is 4.79 Å². The van der Waals surface area contributed by atoms with Crippen molar-refractivity contribution in [3.63, 3.8) is 0 Å². The van der Waals surface area contributed by atoms with Gasteiger partial charge in [-0.2, -0.15) is 21.9 Å². The van der Waals surface area contributed by atoms with E-state index < -0.39 is 34.5 Å². The molecule has 1 fully saturated rings. The molecule has 2 rings (SSSR count). The average Bonchev–Trinajstić information content (AvgIpc) is 3.11. The largest absolute Gasteiger partial charge is 0.521 e. The summed E-state index contributed by atoms with van der Waals surface area (Å²) in [7, 11) is 0. The monoisotopic (exact) mass is 438 g/mol. The van der Waals surface area contributed by atoms with Crippen LogP contribution in [0.15, 0.2) is 30.3 Å². The third kappa shape index (κ3) is 5.03. The van der Waals surface area contributed by atoms with E-state index in [9.17, 15) is 24.6 Å². The van der Waals surface area contributed by atoms with Crippen LogP contribution in [-0.2, 0) is 16.0 Å². The molecule has 1 aliphatic heterocycles. The van der Waals surface area contributed by atoms with Crippen LogP contribution >= 0.6 is 12.6 Å². The highest BCUT2D eigenvalue weighted by Crippen LogP contribution is 2.31. The topological polar surface area (TPSA) is 121 Å². The summed E-state index contributed by atoms with van der Waals surface area (Å²) in [5.41, 5.74) is 6.74. The zero-order chi connectivity index (χ0) is 22.3. The van der Waals surface area contributed by atoms with E-state index in [0.29, 0.717) is 19.3 Å². The van der Waals surface area contributed by atoms with E-state index in [0.717, 1.165) is 5.56 Å². The Morgan fingerprint density at radius 2 is 1.90 bits per heavy atom. The highest BCUT2D eigenvalue weighted by Gasteiger charge is 2.56. The number of quaternary nitrogens is 1. The molecule has 8 nitrogen and oxygen atoms in total. The van der Waals surface area contributed by atoms with Gasteiger partial charge >= 0.3 is 18.0 Å². The molecule has 0 aromatic heterocycles. The number of nitrogens with two attached hydrogens (primary N) is 1. The van der Waals surface area contributed by atoms with Crippen molar-refractivity contribution in [3.05, 3.63) is 35.9 Å². The second-order valence-electron chi connectivity index (χ2n) is 7.81. The lowest BCUT2D eigenvalue weighted by molar-refractivity contribution is -0.793. The number of likely N-dealkylation sites (tertiary alicyclic amines) is 1. The van der Waals surface area contributed by atoms with Crippen molar-refractivity contribution in [3.8, 4) is 0 Å². The van der Waals surface area contributed by atoms with E-state index in [1.165, 1.54) is 4.90 Å². The van der Waals surface area contributed by atoms with Gasteiger partial charge in [-0.3, -0.25) is 9.69 Å². The predicted octanol–water partition coefficient (Wildman–Crippen LogP) is 1.84. The van der Waals surface area contributed by atoms with E-state index in [4.69, 9.17) is 5.73 Å². The molecular weight excluding hydrogens is 406 g/mol. The summed E-state index contributed by atoms with van der Waals surface area (Å²) in [4.78, 5) is 39.4. The first-order chi connectivity index (χ1) is 14.3. The van der Waals surface area contributed by atoms with E-state index in [1.807, 2.05) is 30.3 Å². The molecule has 4 N–H and O–H groups in total. The SMILES string of the molecule is CC1CCC[N@@+]1(C(=O)O)C(=O)[C@H](CS)N(CCN)C(CCc1ccccc1)C(=O)O. The number of hydrogen-bond acceptors (Lipinski definition) is 6. The van der Waals surface area contributed by atoms with Gasteiger partial charge in [0.05, 0.1) is 6.54 Å². The second-order valence-corrected chi connectivity index (χ2v) is 8.17. The number of nitrogens with zero attached hydrogens (tertiary/aromatic N) is 2. The summed E-state index contributed by atoms with van der Waals surface area (Å²) in [6.07, 6.45) is 0.859. The van der Waals surface area contributed by atoms with Crippen LogP contribution in [0.1, 0.15) is 31.7 Å².